The number of aromatic amines is 1. The molecule has 0 atom stereocenters. The average molecular weight is 231 g/mol. The second kappa shape index (κ2) is 5.11. The molecule has 0 aliphatic heterocycles. The van der Waals surface area contributed by atoms with E-state index in [9.17, 15) is 4.79 Å². The van der Waals surface area contributed by atoms with Gasteiger partial charge in [0.05, 0.1) is 0 Å². The summed E-state index contributed by atoms with van der Waals surface area (Å²) in [6, 6.07) is 7.19. The molecular weight excluding hydrogens is 218 g/mol. The standard InChI is InChI=1S/C11H13N5O/c12-10-7-9(15-16-10)11(17)14-6-4-8-3-1-2-5-13-8/h1-3,5,7H,4,6H2,(H,14,17)(H3,12,15,16). The second-order valence-electron chi connectivity index (χ2n) is 3.53. The van der Waals surface area contributed by atoms with Crippen LogP contribution in [0.15, 0.2) is 30.5 Å². The molecule has 6 heteroatoms. The molecule has 0 saturated carbocycles. The van der Waals surface area contributed by atoms with E-state index in [1.807, 2.05) is 18.2 Å². The number of nitrogen functional groups attached to an aromatic ring is 1. The van der Waals surface area contributed by atoms with E-state index in [4.69, 9.17) is 5.73 Å². The van der Waals surface area contributed by atoms with Crippen LogP contribution < -0.4 is 11.1 Å². The van der Waals surface area contributed by atoms with Gasteiger partial charge in [-0.2, -0.15) is 5.10 Å². The Morgan fingerprint density at radius 2 is 2.35 bits per heavy atom. The summed E-state index contributed by atoms with van der Waals surface area (Å²) >= 11 is 0. The maximum Gasteiger partial charge on any atom is 0.269 e. The SMILES string of the molecule is Nc1cc(C(=O)NCCc2ccccn2)[nH]n1. The molecule has 0 aliphatic carbocycles. The molecule has 2 aromatic rings. The van der Waals surface area contributed by atoms with Crippen LogP contribution in [0.3, 0.4) is 0 Å². The number of H-pyrrole nitrogens is 1. The van der Waals surface area contributed by atoms with E-state index < -0.39 is 0 Å². The van der Waals surface area contributed by atoms with Gasteiger partial charge in [-0.1, -0.05) is 6.07 Å². The molecule has 0 saturated heterocycles. The molecule has 0 aliphatic rings. The largest absolute Gasteiger partial charge is 0.382 e. The van der Waals surface area contributed by atoms with E-state index in [0.717, 1.165) is 5.69 Å². The summed E-state index contributed by atoms with van der Waals surface area (Å²) < 4.78 is 0. The molecule has 2 heterocycles. The molecule has 6 nitrogen and oxygen atoms in total. The number of nitrogens with zero attached hydrogens (tertiary/aromatic N) is 2. The second-order valence-corrected chi connectivity index (χ2v) is 3.53. The maximum atomic E-state index is 11.6. The fraction of sp³-hybridized carbons (Fsp3) is 0.182. The first kappa shape index (κ1) is 11.1. The molecule has 17 heavy (non-hydrogen) atoms. The van der Waals surface area contributed by atoms with Crippen molar-refractivity contribution in [3.8, 4) is 0 Å². The van der Waals surface area contributed by atoms with Gasteiger partial charge in [-0.05, 0) is 12.1 Å². The molecule has 2 rings (SSSR count). The summed E-state index contributed by atoms with van der Waals surface area (Å²) in [5, 5.41) is 8.99. The highest BCUT2D eigenvalue weighted by atomic mass is 16.1. The minimum absolute atomic E-state index is 0.217. The fourth-order valence-electron chi connectivity index (χ4n) is 1.40. The third-order valence-electron chi connectivity index (χ3n) is 2.24. The first-order valence-electron chi connectivity index (χ1n) is 5.24. The van der Waals surface area contributed by atoms with Crippen LogP contribution in [0.2, 0.25) is 0 Å². The molecule has 0 aromatic carbocycles. The van der Waals surface area contributed by atoms with Crippen molar-refractivity contribution in [1.29, 1.82) is 0 Å². The molecule has 4 N–H and O–H groups in total. The number of carbonyl (C=O) groups is 1. The van der Waals surface area contributed by atoms with E-state index >= 15 is 0 Å². The molecule has 0 radical (unpaired) electrons. The van der Waals surface area contributed by atoms with Crippen LogP contribution in [0.1, 0.15) is 16.2 Å². The Morgan fingerprint density at radius 1 is 1.47 bits per heavy atom. The summed E-state index contributed by atoms with van der Waals surface area (Å²) in [5.41, 5.74) is 6.71. The summed E-state index contributed by atoms with van der Waals surface area (Å²) in [4.78, 5) is 15.8. The van der Waals surface area contributed by atoms with Crippen LogP contribution in [0.25, 0.3) is 0 Å². The molecular formula is C11H13N5O. The first-order chi connectivity index (χ1) is 8.25. The third-order valence-corrected chi connectivity index (χ3v) is 2.24. The summed E-state index contributed by atoms with van der Waals surface area (Å²) in [7, 11) is 0. The van der Waals surface area contributed by atoms with Crippen LogP contribution in [0, 0.1) is 0 Å². The number of amides is 1. The molecule has 1 amide bonds. The minimum Gasteiger partial charge on any atom is -0.382 e. The Bertz CT molecular complexity index is 494. The lowest BCUT2D eigenvalue weighted by Gasteiger charge is -2.02. The number of pyridine rings is 1. The number of hydrogen-bond acceptors (Lipinski definition) is 4. The van der Waals surface area contributed by atoms with E-state index in [0.29, 0.717) is 24.5 Å². The number of aromatic nitrogens is 3. The summed E-state index contributed by atoms with van der Waals surface area (Å²) in [6.07, 6.45) is 2.42. The van der Waals surface area contributed by atoms with E-state index in [1.54, 1.807) is 6.20 Å². The highest BCUT2D eigenvalue weighted by Crippen LogP contribution is 2.00. The molecule has 2 aromatic heterocycles. The first-order valence-corrected chi connectivity index (χ1v) is 5.24. The highest BCUT2D eigenvalue weighted by molar-refractivity contribution is 5.92. The lowest BCUT2D eigenvalue weighted by Crippen LogP contribution is -2.26. The van der Waals surface area contributed by atoms with Crippen molar-refractivity contribution in [3.05, 3.63) is 41.9 Å². The average Bonchev–Trinajstić information content (AvgIpc) is 2.77. The number of nitrogens with one attached hydrogen (secondary N) is 2. The van der Waals surface area contributed by atoms with Gasteiger partial charge < -0.3 is 11.1 Å². The number of rotatable bonds is 4. The van der Waals surface area contributed by atoms with E-state index in [-0.39, 0.29) is 5.91 Å². The van der Waals surface area contributed by atoms with Gasteiger partial charge >= 0.3 is 0 Å². The topological polar surface area (TPSA) is 96.7 Å². The zero-order valence-corrected chi connectivity index (χ0v) is 9.18. The van der Waals surface area contributed by atoms with Gasteiger partial charge in [-0.15, -0.1) is 0 Å². The van der Waals surface area contributed by atoms with E-state index in [2.05, 4.69) is 20.5 Å². The molecule has 0 fully saturated rings. The number of nitrogens with two attached hydrogens (primary N) is 1. The van der Waals surface area contributed by atoms with Crippen LogP contribution in [-0.4, -0.2) is 27.6 Å². The normalized spacial score (nSPS) is 10.1. The molecule has 0 unspecified atom stereocenters. The highest BCUT2D eigenvalue weighted by Gasteiger charge is 2.07. The van der Waals surface area contributed by atoms with Crippen LogP contribution in [0.4, 0.5) is 5.82 Å². The van der Waals surface area contributed by atoms with Crippen molar-refractivity contribution in [2.45, 2.75) is 6.42 Å². The van der Waals surface area contributed by atoms with Crippen molar-refractivity contribution < 1.29 is 4.79 Å². The van der Waals surface area contributed by atoms with Gasteiger partial charge in [-0.3, -0.25) is 14.9 Å². The quantitative estimate of drug-likeness (QED) is 0.707. The Labute approximate surface area is 98.3 Å². The molecule has 0 bridgehead atoms. The van der Waals surface area contributed by atoms with Crippen molar-refractivity contribution in [1.82, 2.24) is 20.5 Å². The zero-order valence-electron chi connectivity index (χ0n) is 9.18. The van der Waals surface area contributed by atoms with Gasteiger partial charge in [0.15, 0.2) is 0 Å². The third kappa shape index (κ3) is 3.04. The van der Waals surface area contributed by atoms with Gasteiger partial charge in [0.1, 0.15) is 11.5 Å². The Kier molecular flexibility index (Phi) is 3.34. The maximum absolute atomic E-state index is 11.6. The monoisotopic (exact) mass is 231 g/mol. The van der Waals surface area contributed by atoms with Crippen molar-refractivity contribution in [3.63, 3.8) is 0 Å². The lowest BCUT2D eigenvalue weighted by molar-refractivity contribution is 0.0949. The predicted molar refractivity (Wildman–Crippen MR) is 63.3 cm³/mol. The molecule has 0 spiro atoms. The fourth-order valence-corrected chi connectivity index (χ4v) is 1.40. The predicted octanol–water partition coefficient (Wildman–Crippen LogP) is 0.359. The van der Waals surface area contributed by atoms with Crippen molar-refractivity contribution >= 4 is 11.7 Å². The Hall–Kier alpha value is -2.37. The number of hydrogen-bond donors (Lipinski definition) is 3. The van der Waals surface area contributed by atoms with Gasteiger partial charge in [-0.25, -0.2) is 0 Å². The number of anilines is 1. The van der Waals surface area contributed by atoms with Crippen molar-refractivity contribution in [2.75, 3.05) is 12.3 Å². The minimum atomic E-state index is -0.217. The number of carbonyl (C=O) groups excluding carboxylic acids is 1. The van der Waals surface area contributed by atoms with Crippen LogP contribution >= 0.6 is 0 Å². The summed E-state index contributed by atoms with van der Waals surface area (Å²) in [5.74, 6) is 0.0880. The Balaban J connectivity index is 1.81. The molecule has 88 valence electrons. The Morgan fingerprint density at radius 3 is 3.00 bits per heavy atom. The van der Waals surface area contributed by atoms with Crippen molar-refractivity contribution in [2.24, 2.45) is 0 Å². The van der Waals surface area contributed by atoms with Gasteiger partial charge in [0.25, 0.3) is 5.91 Å². The van der Waals surface area contributed by atoms with Gasteiger partial charge in [0, 0.05) is 30.9 Å². The smallest absolute Gasteiger partial charge is 0.269 e. The van der Waals surface area contributed by atoms with E-state index in [1.165, 1.54) is 6.07 Å². The van der Waals surface area contributed by atoms with Crippen LogP contribution in [-0.2, 0) is 6.42 Å². The lowest BCUT2D eigenvalue weighted by atomic mass is 10.2. The van der Waals surface area contributed by atoms with Gasteiger partial charge in [0.2, 0.25) is 0 Å². The summed E-state index contributed by atoms with van der Waals surface area (Å²) in [6.45, 7) is 0.523. The zero-order chi connectivity index (χ0) is 12.1. The van der Waals surface area contributed by atoms with Crippen LogP contribution in [0.5, 0.6) is 0 Å².